The standard InChI is InChI=1S/C15H20FN3O/c1-3-7-17-8-12-5-4-6-14(16)15(12)20-10-13-9-18-11-19(13)2/h4-6,9,11,17H,3,7-8,10H2,1-2H3. The molecule has 1 aromatic heterocycles. The lowest BCUT2D eigenvalue weighted by atomic mass is 10.2. The van der Waals surface area contributed by atoms with Crippen LogP contribution in [0, 0.1) is 5.82 Å². The maximum atomic E-state index is 13.9. The van der Waals surface area contributed by atoms with Gasteiger partial charge in [0.25, 0.3) is 0 Å². The summed E-state index contributed by atoms with van der Waals surface area (Å²) < 4.78 is 21.4. The molecule has 5 heteroatoms. The van der Waals surface area contributed by atoms with Crippen molar-refractivity contribution in [2.75, 3.05) is 6.54 Å². The number of benzene rings is 1. The summed E-state index contributed by atoms with van der Waals surface area (Å²) in [4.78, 5) is 4.02. The van der Waals surface area contributed by atoms with E-state index in [9.17, 15) is 4.39 Å². The maximum Gasteiger partial charge on any atom is 0.165 e. The van der Waals surface area contributed by atoms with Crippen molar-refractivity contribution in [3.63, 3.8) is 0 Å². The van der Waals surface area contributed by atoms with Crippen molar-refractivity contribution in [1.82, 2.24) is 14.9 Å². The minimum absolute atomic E-state index is 0.304. The summed E-state index contributed by atoms with van der Waals surface area (Å²) in [5.41, 5.74) is 1.74. The lowest BCUT2D eigenvalue weighted by molar-refractivity contribution is 0.278. The van der Waals surface area contributed by atoms with Gasteiger partial charge in [-0.2, -0.15) is 0 Å². The molecule has 2 aromatic rings. The van der Waals surface area contributed by atoms with E-state index in [-0.39, 0.29) is 5.82 Å². The van der Waals surface area contributed by atoms with Crippen molar-refractivity contribution < 1.29 is 9.13 Å². The molecule has 1 heterocycles. The van der Waals surface area contributed by atoms with Crippen LogP contribution in [0.1, 0.15) is 24.6 Å². The highest BCUT2D eigenvalue weighted by Gasteiger charge is 2.10. The summed E-state index contributed by atoms with van der Waals surface area (Å²) in [5, 5.41) is 3.26. The second-order valence-corrected chi connectivity index (χ2v) is 4.69. The first kappa shape index (κ1) is 14.5. The lowest BCUT2D eigenvalue weighted by Crippen LogP contribution is -2.15. The highest BCUT2D eigenvalue weighted by atomic mass is 19.1. The normalized spacial score (nSPS) is 10.8. The lowest BCUT2D eigenvalue weighted by Gasteiger charge is -2.13. The quantitative estimate of drug-likeness (QED) is 0.791. The summed E-state index contributed by atoms with van der Waals surface area (Å²) in [7, 11) is 1.89. The first-order valence-electron chi connectivity index (χ1n) is 6.78. The van der Waals surface area contributed by atoms with Crippen LogP contribution in [-0.4, -0.2) is 16.1 Å². The fourth-order valence-electron chi connectivity index (χ4n) is 1.92. The zero-order valence-electron chi connectivity index (χ0n) is 11.9. The smallest absolute Gasteiger partial charge is 0.165 e. The van der Waals surface area contributed by atoms with Crippen LogP contribution in [-0.2, 0) is 20.2 Å². The summed E-state index contributed by atoms with van der Waals surface area (Å²) in [6.07, 6.45) is 4.46. The monoisotopic (exact) mass is 277 g/mol. The van der Waals surface area contributed by atoms with Crippen LogP contribution in [0.3, 0.4) is 0 Å². The minimum Gasteiger partial charge on any atom is -0.484 e. The molecule has 0 amide bonds. The molecule has 1 aromatic carbocycles. The molecule has 20 heavy (non-hydrogen) atoms. The maximum absolute atomic E-state index is 13.9. The van der Waals surface area contributed by atoms with Gasteiger partial charge in [-0.1, -0.05) is 19.1 Å². The van der Waals surface area contributed by atoms with Gasteiger partial charge < -0.3 is 14.6 Å². The fraction of sp³-hybridized carbons (Fsp3) is 0.400. The van der Waals surface area contributed by atoms with E-state index in [0.717, 1.165) is 24.2 Å². The zero-order chi connectivity index (χ0) is 14.4. The number of imidazole rings is 1. The van der Waals surface area contributed by atoms with Crippen molar-refractivity contribution >= 4 is 0 Å². The molecule has 108 valence electrons. The number of ether oxygens (including phenoxy) is 1. The Morgan fingerprint density at radius 3 is 2.95 bits per heavy atom. The Morgan fingerprint density at radius 1 is 1.40 bits per heavy atom. The Hall–Kier alpha value is -1.88. The van der Waals surface area contributed by atoms with Gasteiger partial charge in [0.2, 0.25) is 0 Å². The van der Waals surface area contributed by atoms with Crippen molar-refractivity contribution in [3.05, 3.63) is 47.8 Å². The molecule has 0 unspecified atom stereocenters. The first-order chi connectivity index (χ1) is 9.72. The molecule has 0 atom stereocenters. The average molecular weight is 277 g/mol. The predicted octanol–water partition coefficient (Wildman–Crippen LogP) is 2.64. The Labute approximate surface area is 118 Å². The van der Waals surface area contributed by atoms with Crippen LogP contribution in [0.2, 0.25) is 0 Å². The second-order valence-electron chi connectivity index (χ2n) is 4.69. The van der Waals surface area contributed by atoms with Crippen LogP contribution in [0.5, 0.6) is 5.75 Å². The second kappa shape index (κ2) is 7.05. The summed E-state index contributed by atoms with van der Waals surface area (Å²) >= 11 is 0. The van der Waals surface area contributed by atoms with E-state index >= 15 is 0 Å². The van der Waals surface area contributed by atoms with Gasteiger partial charge in [-0.05, 0) is 19.0 Å². The van der Waals surface area contributed by atoms with Crippen molar-refractivity contribution in [1.29, 1.82) is 0 Å². The zero-order valence-corrected chi connectivity index (χ0v) is 11.9. The van der Waals surface area contributed by atoms with Crippen LogP contribution in [0.25, 0.3) is 0 Å². The van der Waals surface area contributed by atoms with Gasteiger partial charge >= 0.3 is 0 Å². The van der Waals surface area contributed by atoms with E-state index in [1.54, 1.807) is 18.6 Å². The number of aromatic nitrogens is 2. The Kier molecular flexibility index (Phi) is 5.12. The topological polar surface area (TPSA) is 39.1 Å². The number of hydrogen-bond donors (Lipinski definition) is 1. The highest BCUT2D eigenvalue weighted by molar-refractivity contribution is 5.35. The Balaban J connectivity index is 2.07. The molecule has 0 aliphatic heterocycles. The van der Waals surface area contributed by atoms with Gasteiger partial charge in [-0.25, -0.2) is 9.37 Å². The van der Waals surface area contributed by atoms with Crippen molar-refractivity contribution in [2.24, 2.45) is 7.05 Å². The molecule has 0 spiro atoms. The van der Waals surface area contributed by atoms with Crippen LogP contribution in [0.15, 0.2) is 30.7 Å². The number of halogens is 1. The fourth-order valence-corrected chi connectivity index (χ4v) is 1.92. The van der Waals surface area contributed by atoms with E-state index in [1.807, 2.05) is 17.7 Å². The van der Waals surface area contributed by atoms with Crippen molar-refractivity contribution in [2.45, 2.75) is 26.5 Å². The summed E-state index contributed by atoms with van der Waals surface area (Å²) in [6.45, 7) is 3.90. The number of nitrogens with zero attached hydrogens (tertiary/aromatic N) is 2. The molecule has 4 nitrogen and oxygen atoms in total. The van der Waals surface area contributed by atoms with Gasteiger partial charge in [0.15, 0.2) is 11.6 Å². The molecule has 1 N–H and O–H groups in total. The number of rotatable bonds is 7. The van der Waals surface area contributed by atoms with Gasteiger partial charge in [0.1, 0.15) is 6.61 Å². The van der Waals surface area contributed by atoms with E-state index in [4.69, 9.17) is 4.74 Å². The first-order valence-corrected chi connectivity index (χ1v) is 6.78. The number of aryl methyl sites for hydroxylation is 1. The van der Waals surface area contributed by atoms with Crippen LogP contribution < -0.4 is 10.1 Å². The third-order valence-electron chi connectivity index (χ3n) is 3.07. The molecular weight excluding hydrogens is 257 g/mol. The molecule has 0 bridgehead atoms. The minimum atomic E-state index is -0.331. The van der Waals surface area contributed by atoms with Gasteiger partial charge in [-0.3, -0.25) is 0 Å². The van der Waals surface area contributed by atoms with E-state index in [2.05, 4.69) is 17.2 Å². The SMILES string of the molecule is CCCNCc1cccc(F)c1OCc1cncn1C. The number of hydrogen-bond acceptors (Lipinski definition) is 3. The van der Waals surface area contributed by atoms with E-state index < -0.39 is 0 Å². The molecule has 0 radical (unpaired) electrons. The van der Waals surface area contributed by atoms with Gasteiger partial charge in [0.05, 0.1) is 18.2 Å². The molecule has 2 rings (SSSR count). The third-order valence-corrected chi connectivity index (χ3v) is 3.07. The Bertz CT molecular complexity index is 554. The molecule has 0 saturated carbocycles. The van der Waals surface area contributed by atoms with Gasteiger partial charge in [0, 0.05) is 19.2 Å². The molecule has 0 fully saturated rings. The van der Waals surface area contributed by atoms with Crippen LogP contribution in [0.4, 0.5) is 4.39 Å². The van der Waals surface area contributed by atoms with Crippen molar-refractivity contribution in [3.8, 4) is 5.75 Å². The molecule has 0 aliphatic rings. The molecular formula is C15H20FN3O. The average Bonchev–Trinajstić information content (AvgIpc) is 2.84. The largest absolute Gasteiger partial charge is 0.484 e. The molecule has 0 saturated heterocycles. The van der Waals surface area contributed by atoms with Crippen LogP contribution >= 0.6 is 0 Å². The summed E-state index contributed by atoms with van der Waals surface area (Å²) in [6, 6.07) is 5.00. The predicted molar refractivity (Wildman–Crippen MR) is 75.9 cm³/mol. The van der Waals surface area contributed by atoms with Gasteiger partial charge in [-0.15, -0.1) is 0 Å². The summed E-state index contributed by atoms with van der Waals surface area (Å²) in [5.74, 6) is -0.0136. The molecule has 0 aliphatic carbocycles. The highest BCUT2D eigenvalue weighted by Crippen LogP contribution is 2.23. The Morgan fingerprint density at radius 2 is 2.25 bits per heavy atom. The number of para-hydroxylation sites is 1. The van der Waals surface area contributed by atoms with E-state index in [1.165, 1.54) is 6.07 Å². The third kappa shape index (κ3) is 3.57. The van der Waals surface area contributed by atoms with E-state index in [0.29, 0.717) is 18.9 Å². The number of nitrogens with one attached hydrogen (secondary N) is 1.